The number of hydrogen-bond acceptors (Lipinski definition) is 3. The van der Waals surface area contributed by atoms with Gasteiger partial charge in [0.15, 0.2) is 0 Å². The van der Waals surface area contributed by atoms with Gasteiger partial charge in [0.25, 0.3) is 5.91 Å². The molecule has 1 aliphatic rings. The van der Waals surface area contributed by atoms with Crippen LogP contribution >= 0.6 is 0 Å². The van der Waals surface area contributed by atoms with Crippen molar-refractivity contribution in [2.24, 2.45) is 0 Å². The first-order valence-electron chi connectivity index (χ1n) is 6.82. The van der Waals surface area contributed by atoms with Crippen molar-refractivity contribution in [3.8, 4) is 0 Å². The molecule has 0 saturated carbocycles. The molecule has 110 valence electrons. The number of carbonyl (C=O) groups excluding carboxylic acids is 1. The van der Waals surface area contributed by atoms with Crippen LogP contribution in [0, 0.1) is 0 Å². The molecule has 21 heavy (non-hydrogen) atoms. The predicted octanol–water partition coefficient (Wildman–Crippen LogP) is 1.53. The molecule has 3 N–H and O–H groups in total. The summed E-state index contributed by atoms with van der Waals surface area (Å²) in [5.74, 6) is -1.39. The molecule has 6 heteroatoms. The van der Waals surface area contributed by atoms with Gasteiger partial charge in [-0.2, -0.15) is 0 Å². The molecule has 0 radical (unpaired) electrons. The van der Waals surface area contributed by atoms with Crippen molar-refractivity contribution in [1.82, 2.24) is 10.3 Å². The van der Waals surface area contributed by atoms with Gasteiger partial charge in [0.2, 0.25) is 0 Å². The highest BCUT2D eigenvalue weighted by molar-refractivity contribution is 6.08. The Kier molecular flexibility index (Phi) is 3.39. The number of rotatable bonds is 3. The molecule has 1 aliphatic heterocycles. The van der Waals surface area contributed by atoms with Crippen LogP contribution in [0.25, 0.3) is 10.9 Å². The topological polar surface area (TPSA) is 91.4 Å². The number of aromatic amines is 1. The number of aliphatic carboxylic acids is 1. The molecule has 2 heterocycles. The lowest BCUT2D eigenvalue weighted by Gasteiger charge is -2.33. The third kappa shape index (κ3) is 2.38. The summed E-state index contributed by atoms with van der Waals surface area (Å²) >= 11 is 0. The Morgan fingerprint density at radius 1 is 1.24 bits per heavy atom. The highest BCUT2D eigenvalue weighted by atomic mass is 16.5. The maximum atomic E-state index is 12.5. The second-order valence-corrected chi connectivity index (χ2v) is 5.20. The van der Waals surface area contributed by atoms with E-state index in [1.807, 2.05) is 24.3 Å². The van der Waals surface area contributed by atoms with E-state index in [0.717, 1.165) is 10.9 Å². The van der Waals surface area contributed by atoms with Crippen LogP contribution in [-0.4, -0.2) is 40.7 Å². The quantitative estimate of drug-likeness (QED) is 0.798. The summed E-state index contributed by atoms with van der Waals surface area (Å²) in [6.07, 6.45) is 2.15. The van der Waals surface area contributed by atoms with Gasteiger partial charge in [-0.3, -0.25) is 4.79 Å². The lowest BCUT2D eigenvalue weighted by Crippen LogP contribution is -2.57. The van der Waals surface area contributed by atoms with E-state index >= 15 is 0 Å². The van der Waals surface area contributed by atoms with Gasteiger partial charge in [0, 0.05) is 43.2 Å². The largest absolute Gasteiger partial charge is 0.480 e. The summed E-state index contributed by atoms with van der Waals surface area (Å²) in [5, 5.41) is 12.9. The van der Waals surface area contributed by atoms with Gasteiger partial charge in [-0.1, -0.05) is 18.2 Å². The number of nitrogens with one attached hydrogen (secondary N) is 2. The van der Waals surface area contributed by atoms with Crippen molar-refractivity contribution in [3.05, 3.63) is 36.0 Å². The minimum Gasteiger partial charge on any atom is -0.480 e. The number of aromatic nitrogens is 1. The number of carbonyl (C=O) groups is 2. The lowest BCUT2D eigenvalue weighted by molar-refractivity contribution is -0.148. The molecule has 1 amide bonds. The molecule has 1 saturated heterocycles. The van der Waals surface area contributed by atoms with E-state index in [4.69, 9.17) is 4.74 Å². The van der Waals surface area contributed by atoms with Crippen LogP contribution in [0.1, 0.15) is 23.2 Å². The van der Waals surface area contributed by atoms with Crippen LogP contribution in [0.2, 0.25) is 0 Å². The summed E-state index contributed by atoms with van der Waals surface area (Å²) in [6.45, 7) is 0.668. The minimum absolute atomic E-state index is 0.274. The van der Waals surface area contributed by atoms with Crippen LogP contribution in [0.15, 0.2) is 30.5 Å². The Balaban J connectivity index is 1.89. The van der Waals surface area contributed by atoms with Crippen LogP contribution in [0.4, 0.5) is 0 Å². The number of hydrogen-bond donors (Lipinski definition) is 3. The standard InChI is InChI=1S/C15H16N2O4/c18-13(11-9-16-12-4-2-1-3-10(11)12)17-15(14(19)20)5-7-21-8-6-15/h1-4,9,16H,5-8H2,(H,17,18)(H,19,20). The van der Waals surface area contributed by atoms with Crippen molar-refractivity contribution in [2.75, 3.05) is 13.2 Å². The number of H-pyrrole nitrogens is 1. The Bertz CT molecular complexity index is 686. The second kappa shape index (κ2) is 5.21. The van der Waals surface area contributed by atoms with Gasteiger partial charge in [-0.15, -0.1) is 0 Å². The Morgan fingerprint density at radius 2 is 1.95 bits per heavy atom. The van der Waals surface area contributed by atoms with Crippen molar-refractivity contribution in [2.45, 2.75) is 18.4 Å². The summed E-state index contributed by atoms with van der Waals surface area (Å²) in [7, 11) is 0. The zero-order valence-electron chi connectivity index (χ0n) is 11.4. The minimum atomic E-state index is -1.24. The number of para-hydroxylation sites is 1. The monoisotopic (exact) mass is 288 g/mol. The fourth-order valence-electron chi connectivity index (χ4n) is 2.66. The zero-order chi connectivity index (χ0) is 14.9. The molecule has 0 bridgehead atoms. The average Bonchev–Trinajstić information content (AvgIpc) is 2.92. The molecular weight excluding hydrogens is 272 g/mol. The highest BCUT2D eigenvalue weighted by Gasteiger charge is 2.42. The Morgan fingerprint density at radius 3 is 2.67 bits per heavy atom. The third-order valence-electron chi connectivity index (χ3n) is 3.94. The first-order chi connectivity index (χ1) is 10.1. The van der Waals surface area contributed by atoms with Crippen LogP contribution in [0.3, 0.4) is 0 Å². The first-order valence-corrected chi connectivity index (χ1v) is 6.82. The number of amides is 1. The van der Waals surface area contributed by atoms with E-state index in [0.29, 0.717) is 18.8 Å². The molecule has 0 spiro atoms. The number of ether oxygens (including phenoxy) is 1. The van der Waals surface area contributed by atoms with Gasteiger partial charge >= 0.3 is 5.97 Å². The van der Waals surface area contributed by atoms with E-state index in [-0.39, 0.29) is 18.7 Å². The number of benzene rings is 1. The fourth-order valence-corrected chi connectivity index (χ4v) is 2.66. The maximum absolute atomic E-state index is 12.5. The average molecular weight is 288 g/mol. The maximum Gasteiger partial charge on any atom is 0.329 e. The normalized spacial score (nSPS) is 17.5. The van der Waals surface area contributed by atoms with Gasteiger partial charge in [-0.05, 0) is 6.07 Å². The summed E-state index contributed by atoms with van der Waals surface area (Å²) in [5.41, 5.74) is 0.0602. The molecule has 0 aliphatic carbocycles. The Labute approximate surface area is 121 Å². The van der Waals surface area contributed by atoms with Crippen molar-refractivity contribution < 1.29 is 19.4 Å². The molecular formula is C15H16N2O4. The Hall–Kier alpha value is -2.34. The smallest absolute Gasteiger partial charge is 0.329 e. The SMILES string of the molecule is O=C(NC1(C(=O)O)CCOCC1)c1c[nH]c2ccccc12. The zero-order valence-corrected chi connectivity index (χ0v) is 11.4. The molecule has 6 nitrogen and oxygen atoms in total. The number of fused-ring (bicyclic) bond motifs is 1. The summed E-state index contributed by atoms with van der Waals surface area (Å²) < 4.78 is 5.20. The van der Waals surface area contributed by atoms with E-state index in [9.17, 15) is 14.7 Å². The van der Waals surface area contributed by atoms with Gasteiger partial charge in [0.1, 0.15) is 5.54 Å². The van der Waals surface area contributed by atoms with Gasteiger partial charge in [0.05, 0.1) is 5.56 Å². The fraction of sp³-hybridized carbons (Fsp3) is 0.333. The number of carboxylic acid groups (broad SMARTS) is 1. The van der Waals surface area contributed by atoms with Crippen LogP contribution < -0.4 is 5.32 Å². The second-order valence-electron chi connectivity index (χ2n) is 5.20. The summed E-state index contributed by atoms with van der Waals surface area (Å²) in [6, 6.07) is 7.41. The van der Waals surface area contributed by atoms with E-state index in [2.05, 4.69) is 10.3 Å². The highest BCUT2D eigenvalue weighted by Crippen LogP contribution is 2.23. The van der Waals surface area contributed by atoms with Crippen molar-refractivity contribution in [1.29, 1.82) is 0 Å². The molecule has 1 aromatic carbocycles. The third-order valence-corrected chi connectivity index (χ3v) is 3.94. The summed E-state index contributed by atoms with van der Waals surface area (Å²) in [4.78, 5) is 27.0. The number of carboxylic acids is 1. The van der Waals surface area contributed by atoms with E-state index < -0.39 is 11.5 Å². The van der Waals surface area contributed by atoms with Crippen molar-refractivity contribution in [3.63, 3.8) is 0 Å². The molecule has 0 unspecified atom stereocenters. The van der Waals surface area contributed by atoms with E-state index in [1.54, 1.807) is 6.20 Å². The van der Waals surface area contributed by atoms with Gasteiger partial charge in [-0.25, -0.2) is 4.79 Å². The molecule has 2 aromatic rings. The van der Waals surface area contributed by atoms with Crippen molar-refractivity contribution >= 4 is 22.8 Å². The van der Waals surface area contributed by atoms with E-state index in [1.165, 1.54) is 0 Å². The first kappa shape index (κ1) is 13.6. The molecule has 1 fully saturated rings. The molecule has 0 atom stereocenters. The van der Waals surface area contributed by atoms with Gasteiger partial charge < -0.3 is 20.1 Å². The molecule has 1 aromatic heterocycles. The van der Waals surface area contributed by atoms with Crippen LogP contribution in [-0.2, 0) is 9.53 Å². The predicted molar refractivity (Wildman–Crippen MR) is 76.2 cm³/mol. The van der Waals surface area contributed by atoms with Crippen LogP contribution in [0.5, 0.6) is 0 Å². The molecule has 3 rings (SSSR count). The lowest BCUT2D eigenvalue weighted by atomic mass is 9.89.